The minimum Gasteiger partial charge on any atom is -0.854 e. The van der Waals surface area contributed by atoms with Crippen LogP contribution in [0.1, 0.15) is 19.3 Å². The molecule has 2 saturated heterocycles. The van der Waals surface area contributed by atoms with Gasteiger partial charge in [0.25, 0.3) is 0 Å². The van der Waals surface area contributed by atoms with Crippen molar-refractivity contribution in [2.75, 3.05) is 26.3 Å². The molecule has 2 unspecified atom stereocenters. The fourth-order valence-electron chi connectivity index (χ4n) is 2.63. The number of morpholine rings is 1. The minimum atomic E-state index is 0. The number of likely N-dealkylation sites (tertiary alicyclic amines) is 1. The van der Waals surface area contributed by atoms with Crippen molar-refractivity contribution < 1.29 is 61.2 Å². The third-order valence-electron chi connectivity index (χ3n) is 3.82. The van der Waals surface area contributed by atoms with Gasteiger partial charge in [-0.3, -0.25) is 4.90 Å². The number of hydrogen-bond acceptors (Lipinski definition) is 3. The molecular formula is C10H16KNO2. The summed E-state index contributed by atoms with van der Waals surface area (Å²) in [4.78, 5) is 2.49. The Labute approximate surface area is 128 Å². The van der Waals surface area contributed by atoms with Gasteiger partial charge in [0.15, 0.2) is 0 Å². The topological polar surface area (TPSA) is 35.5 Å². The molecule has 0 aromatic heterocycles. The fourth-order valence-corrected chi connectivity index (χ4v) is 2.63. The Balaban J connectivity index is 0.000000750. The standard InChI is InChI=1S/C10H16NO2.K/c12-7-10(1-2-10)6-11-4-9-3-8(11)5-13-9;/h8-9H,1-7H2;/q-1;+1. The average molecular weight is 221 g/mol. The quantitative estimate of drug-likeness (QED) is 0.466. The maximum atomic E-state index is 11.0. The number of fused-ring (bicyclic) bond motifs is 2. The molecule has 0 radical (unpaired) electrons. The number of ether oxygens (including phenoxy) is 1. The van der Waals surface area contributed by atoms with Gasteiger partial charge in [-0.25, -0.2) is 0 Å². The summed E-state index contributed by atoms with van der Waals surface area (Å²) in [6.45, 7) is 3.15. The van der Waals surface area contributed by atoms with Crippen molar-refractivity contribution in [2.24, 2.45) is 5.41 Å². The van der Waals surface area contributed by atoms with Crippen LogP contribution in [0.25, 0.3) is 0 Å². The molecule has 3 fully saturated rings. The van der Waals surface area contributed by atoms with Gasteiger partial charge in [-0.2, -0.15) is 0 Å². The summed E-state index contributed by atoms with van der Waals surface area (Å²) in [6, 6.07) is 0.633. The first-order chi connectivity index (χ1) is 6.31. The molecule has 3 aliphatic rings. The summed E-state index contributed by atoms with van der Waals surface area (Å²) in [5.41, 5.74) is 0.171. The van der Waals surface area contributed by atoms with Crippen LogP contribution in [0, 0.1) is 5.41 Å². The third kappa shape index (κ3) is 2.13. The molecule has 2 aliphatic heterocycles. The van der Waals surface area contributed by atoms with Gasteiger partial charge in [0, 0.05) is 19.1 Å². The van der Waals surface area contributed by atoms with Gasteiger partial charge in [-0.05, 0) is 24.7 Å². The first-order valence-corrected chi connectivity index (χ1v) is 5.25. The summed E-state index contributed by atoms with van der Waals surface area (Å²) in [5.74, 6) is 0. The minimum absolute atomic E-state index is 0. The van der Waals surface area contributed by atoms with Crippen LogP contribution in [0.3, 0.4) is 0 Å². The molecule has 4 heteroatoms. The van der Waals surface area contributed by atoms with E-state index in [-0.39, 0.29) is 63.4 Å². The van der Waals surface area contributed by atoms with E-state index in [1.165, 1.54) is 6.42 Å². The first kappa shape index (κ1) is 12.0. The predicted molar refractivity (Wildman–Crippen MR) is 46.3 cm³/mol. The molecule has 74 valence electrons. The van der Waals surface area contributed by atoms with Crippen molar-refractivity contribution in [3.05, 3.63) is 0 Å². The Hall–Kier alpha value is 1.52. The zero-order valence-corrected chi connectivity index (χ0v) is 12.0. The van der Waals surface area contributed by atoms with Crippen LogP contribution in [0.5, 0.6) is 0 Å². The molecule has 1 aliphatic carbocycles. The van der Waals surface area contributed by atoms with E-state index >= 15 is 0 Å². The molecule has 0 N–H and O–H groups in total. The summed E-state index contributed by atoms with van der Waals surface area (Å²) in [5, 5.41) is 11.0. The number of rotatable bonds is 3. The first-order valence-electron chi connectivity index (χ1n) is 5.25. The van der Waals surface area contributed by atoms with E-state index in [4.69, 9.17) is 4.74 Å². The van der Waals surface area contributed by atoms with Gasteiger partial charge >= 0.3 is 51.4 Å². The van der Waals surface area contributed by atoms with Gasteiger partial charge in [0.2, 0.25) is 0 Å². The number of nitrogens with zero attached hydrogens (tertiary/aromatic N) is 1. The van der Waals surface area contributed by atoms with Crippen LogP contribution in [0.4, 0.5) is 0 Å². The second kappa shape index (κ2) is 4.41. The van der Waals surface area contributed by atoms with Crippen molar-refractivity contribution in [1.29, 1.82) is 0 Å². The Morgan fingerprint density at radius 1 is 1.43 bits per heavy atom. The zero-order chi connectivity index (χ0) is 8.89. The zero-order valence-electron chi connectivity index (χ0n) is 8.87. The van der Waals surface area contributed by atoms with Crippen LogP contribution in [0.15, 0.2) is 0 Å². The molecule has 3 rings (SSSR count). The Bertz CT molecular complexity index is 220. The molecule has 14 heavy (non-hydrogen) atoms. The average Bonchev–Trinajstić information content (AvgIpc) is 2.62. The maximum Gasteiger partial charge on any atom is 1.00 e. The number of hydrogen-bond donors (Lipinski definition) is 0. The fraction of sp³-hybridized carbons (Fsp3) is 1.00. The summed E-state index contributed by atoms with van der Waals surface area (Å²) >= 11 is 0. The smallest absolute Gasteiger partial charge is 0.854 e. The van der Waals surface area contributed by atoms with E-state index in [0.29, 0.717) is 12.1 Å². The van der Waals surface area contributed by atoms with E-state index in [2.05, 4.69) is 4.90 Å². The van der Waals surface area contributed by atoms with Crippen LogP contribution in [0.2, 0.25) is 0 Å². The Morgan fingerprint density at radius 2 is 2.21 bits per heavy atom. The van der Waals surface area contributed by atoms with E-state index in [1.807, 2.05) is 0 Å². The van der Waals surface area contributed by atoms with Crippen molar-refractivity contribution >= 4 is 0 Å². The molecule has 2 bridgehead atoms. The van der Waals surface area contributed by atoms with Crippen LogP contribution in [-0.2, 0) is 4.74 Å². The molecular weight excluding hydrogens is 205 g/mol. The monoisotopic (exact) mass is 221 g/mol. The van der Waals surface area contributed by atoms with E-state index in [1.54, 1.807) is 0 Å². The van der Waals surface area contributed by atoms with Gasteiger partial charge in [0.1, 0.15) is 0 Å². The van der Waals surface area contributed by atoms with Crippen molar-refractivity contribution in [3.8, 4) is 0 Å². The van der Waals surface area contributed by atoms with Gasteiger partial charge in [-0.1, -0.05) is 0 Å². The maximum absolute atomic E-state index is 11.0. The summed E-state index contributed by atoms with van der Waals surface area (Å²) < 4.78 is 5.53. The molecule has 0 amide bonds. The van der Waals surface area contributed by atoms with Gasteiger partial charge < -0.3 is 9.84 Å². The predicted octanol–water partition coefficient (Wildman–Crippen LogP) is -3.40. The van der Waals surface area contributed by atoms with Crippen molar-refractivity contribution in [1.82, 2.24) is 4.90 Å². The molecule has 0 aromatic carbocycles. The summed E-state index contributed by atoms with van der Waals surface area (Å²) in [6.07, 6.45) is 4.00. The Kier molecular flexibility index (Phi) is 3.78. The van der Waals surface area contributed by atoms with Crippen LogP contribution < -0.4 is 56.5 Å². The largest absolute Gasteiger partial charge is 1.00 e. The van der Waals surface area contributed by atoms with E-state index in [0.717, 1.165) is 32.5 Å². The van der Waals surface area contributed by atoms with Gasteiger partial charge in [-0.15, -0.1) is 6.61 Å². The van der Waals surface area contributed by atoms with Crippen molar-refractivity contribution in [3.63, 3.8) is 0 Å². The second-order valence-electron chi connectivity index (χ2n) is 4.92. The van der Waals surface area contributed by atoms with E-state index < -0.39 is 0 Å². The molecule has 2 heterocycles. The SMILES string of the molecule is [K+].[O-]CC1(CN2CC3CC2CO3)CC1. The third-order valence-corrected chi connectivity index (χ3v) is 3.82. The van der Waals surface area contributed by atoms with E-state index in [9.17, 15) is 5.11 Å². The Morgan fingerprint density at radius 3 is 2.64 bits per heavy atom. The molecule has 2 atom stereocenters. The van der Waals surface area contributed by atoms with Crippen LogP contribution >= 0.6 is 0 Å². The molecule has 1 saturated carbocycles. The van der Waals surface area contributed by atoms with Gasteiger partial charge in [0.05, 0.1) is 12.7 Å². The summed E-state index contributed by atoms with van der Waals surface area (Å²) in [7, 11) is 0. The molecule has 3 nitrogen and oxygen atoms in total. The van der Waals surface area contributed by atoms with Crippen LogP contribution in [-0.4, -0.2) is 43.3 Å². The van der Waals surface area contributed by atoms with Crippen molar-refractivity contribution in [2.45, 2.75) is 31.4 Å². The molecule has 0 spiro atoms. The molecule has 0 aromatic rings. The normalized spacial score (nSPS) is 38.4. The second-order valence-corrected chi connectivity index (χ2v) is 4.92.